The normalized spacial score (nSPS) is 15.2. The number of pyridine rings is 1. The smallest absolute Gasteiger partial charge is 0.260 e. The third kappa shape index (κ3) is 3.43. The lowest BCUT2D eigenvalue weighted by molar-refractivity contribution is 0.0981. The summed E-state index contributed by atoms with van der Waals surface area (Å²) in [6.07, 6.45) is 4.24. The van der Waals surface area contributed by atoms with Gasteiger partial charge in [0.2, 0.25) is 0 Å². The number of aromatic nitrogens is 1. The first-order valence-electron chi connectivity index (χ1n) is 9.39. The fraction of sp³-hybridized carbons (Fsp3) is 0.217. The van der Waals surface area contributed by atoms with E-state index >= 15 is 0 Å². The van der Waals surface area contributed by atoms with E-state index in [-0.39, 0.29) is 11.9 Å². The van der Waals surface area contributed by atoms with E-state index in [1.807, 2.05) is 53.4 Å². The van der Waals surface area contributed by atoms with E-state index in [1.54, 1.807) is 19.5 Å². The number of amides is 1. The second-order valence-corrected chi connectivity index (χ2v) is 6.98. The van der Waals surface area contributed by atoms with Gasteiger partial charge in [0.1, 0.15) is 5.75 Å². The number of carbonyl (C=O) groups is 1. The number of methoxy groups -OCH3 is 1. The standard InChI is InChI=1S/C23H23N3O2/c1-16-11-17-7-3-5-9-21(17)26(16)23(27)19-12-20(15-24-13-19)25-14-18-8-4-6-10-22(18)28-2/h3-10,12-13,15-16,25H,11,14H2,1-2H3. The van der Waals surface area contributed by atoms with Gasteiger partial charge in [-0.3, -0.25) is 9.78 Å². The van der Waals surface area contributed by atoms with E-state index in [0.717, 1.165) is 29.1 Å². The highest BCUT2D eigenvalue weighted by molar-refractivity contribution is 6.08. The first-order valence-corrected chi connectivity index (χ1v) is 9.39. The lowest BCUT2D eigenvalue weighted by Gasteiger charge is -2.23. The van der Waals surface area contributed by atoms with Crippen LogP contribution in [0.3, 0.4) is 0 Å². The average Bonchev–Trinajstić information content (AvgIpc) is 3.07. The summed E-state index contributed by atoms with van der Waals surface area (Å²) >= 11 is 0. The van der Waals surface area contributed by atoms with Gasteiger partial charge in [0.05, 0.1) is 18.4 Å². The van der Waals surface area contributed by atoms with Gasteiger partial charge in [0, 0.05) is 36.2 Å². The fourth-order valence-corrected chi connectivity index (χ4v) is 3.71. The van der Waals surface area contributed by atoms with Crippen molar-refractivity contribution in [2.45, 2.75) is 25.9 Å². The Hall–Kier alpha value is -3.34. The summed E-state index contributed by atoms with van der Waals surface area (Å²) in [5.74, 6) is 0.809. The minimum atomic E-state index is -0.0223. The van der Waals surface area contributed by atoms with Crippen LogP contribution in [0, 0.1) is 0 Å². The summed E-state index contributed by atoms with van der Waals surface area (Å²) in [6.45, 7) is 2.67. The van der Waals surface area contributed by atoms with Crippen LogP contribution >= 0.6 is 0 Å². The van der Waals surface area contributed by atoms with Gasteiger partial charge in [-0.25, -0.2) is 0 Å². The summed E-state index contributed by atoms with van der Waals surface area (Å²) < 4.78 is 5.39. The van der Waals surface area contributed by atoms with Crippen molar-refractivity contribution in [3.63, 3.8) is 0 Å². The van der Waals surface area contributed by atoms with Crippen molar-refractivity contribution in [1.29, 1.82) is 0 Å². The molecule has 1 amide bonds. The Labute approximate surface area is 165 Å². The van der Waals surface area contributed by atoms with Crippen LogP contribution < -0.4 is 15.0 Å². The number of ether oxygens (including phenoxy) is 1. The van der Waals surface area contributed by atoms with Crippen LogP contribution in [0.25, 0.3) is 0 Å². The Bertz CT molecular complexity index is 1000. The molecule has 1 aromatic heterocycles. The van der Waals surface area contributed by atoms with Crippen LogP contribution in [0.1, 0.15) is 28.4 Å². The van der Waals surface area contributed by atoms with E-state index in [4.69, 9.17) is 4.74 Å². The number of nitrogens with one attached hydrogen (secondary N) is 1. The first-order chi connectivity index (χ1) is 13.7. The molecule has 1 atom stereocenters. The van der Waals surface area contributed by atoms with Gasteiger partial charge in [-0.05, 0) is 37.1 Å². The molecular formula is C23H23N3O2. The second-order valence-electron chi connectivity index (χ2n) is 6.98. The highest BCUT2D eigenvalue weighted by Crippen LogP contribution is 2.33. The maximum absolute atomic E-state index is 13.2. The molecule has 0 bridgehead atoms. The number of hydrogen-bond donors (Lipinski definition) is 1. The molecule has 1 aliphatic heterocycles. The maximum atomic E-state index is 13.2. The fourth-order valence-electron chi connectivity index (χ4n) is 3.71. The Balaban J connectivity index is 1.53. The molecule has 1 aliphatic rings. The number of anilines is 2. The van der Waals surface area contributed by atoms with Crippen molar-refractivity contribution in [3.8, 4) is 5.75 Å². The number of fused-ring (bicyclic) bond motifs is 1. The highest BCUT2D eigenvalue weighted by atomic mass is 16.5. The van der Waals surface area contributed by atoms with Gasteiger partial charge >= 0.3 is 0 Å². The Morgan fingerprint density at radius 2 is 1.96 bits per heavy atom. The average molecular weight is 373 g/mol. The maximum Gasteiger partial charge on any atom is 0.260 e. The molecule has 1 unspecified atom stereocenters. The van der Waals surface area contributed by atoms with Gasteiger partial charge in [-0.2, -0.15) is 0 Å². The zero-order valence-electron chi connectivity index (χ0n) is 16.1. The molecule has 0 fully saturated rings. The summed E-state index contributed by atoms with van der Waals surface area (Å²) in [5.41, 5.74) is 4.63. The predicted octanol–water partition coefficient (Wildman–Crippen LogP) is 4.29. The van der Waals surface area contributed by atoms with Crippen molar-refractivity contribution < 1.29 is 9.53 Å². The monoisotopic (exact) mass is 373 g/mol. The molecule has 0 spiro atoms. The largest absolute Gasteiger partial charge is 0.496 e. The lowest BCUT2D eigenvalue weighted by atomic mass is 10.1. The Kier molecular flexibility index (Phi) is 4.98. The van der Waals surface area contributed by atoms with Crippen LogP contribution in [0.5, 0.6) is 5.75 Å². The molecule has 142 valence electrons. The second kappa shape index (κ2) is 7.72. The van der Waals surface area contributed by atoms with Crippen molar-refractivity contribution in [2.75, 3.05) is 17.3 Å². The molecule has 0 saturated heterocycles. The molecular weight excluding hydrogens is 350 g/mol. The van der Waals surface area contributed by atoms with E-state index in [1.165, 1.54) is 5.56 Å². The van der Waals surface area contributed by atoms with Gasteiger partial charge in [0.25, 0.3) is 5.91 Å². The molecule has 4 rings (SSSR count). The van der Waals surface area contributed by atoms with E-state index in [9.17, 15) is 4.79 Å². The summed E-state index contributed by atoms with van der Waals surface area (Å²) in [5, 5.41) is 3.34. The van der Waals surface area contributed by atoms with Gasteiger partial charge < -0.3 is 15.0 Å². The molecule has 2 heterocycles. The number of hydrogen-bond acceptors (Lipinski definition) is 4. The van der Waals surface area contributed by atoms with E-state index in [0.29, 0.717) is 12.1 Å². The summed E-state index contributed by atoms with van der Waals surface area (Å²) in [4.78, 5) is 19.3. The van der Waals surface area contributed by atoms with Gasteiger partial charge in [0.15, 0.2) is 0 Å². The van der Waals surface area contributed by atoms with Crippen LogP contribution in [0.15, 0.2) is 67.0 Å². The zero-order valence-corrected chi connectivity index (χ0v) is 16.1. The molecule has 1 N–H and O–H groups in total. The minimum absolute atomic E-state index is 0.0223. The van der Waals surface area contributed by atoms with Crippen molar-refractivity contribution in [1.82, 2.24) is 4.98 Å². The van der Waals surface area contributed by atoms with Crippen LogP contribution in [0.4, 0.5) is 11.4 Å². The van der Waals surface area contributed by atoms with Crippen LogP contribution in [-0.2, 0) is 13.0 Å². The third-order valence-corrected chi connectivity index (χ3v) is 5.09. The van der Waals surface area contributed by atoms with Gasteiger partial charge in [-0.15, -0.1) is 0 Å². The molecule has 3 aromatic rings. The molecule has 2 aromatic carbocycles. The minimum Gasteiger partial charge on any atom is -0.496 e. The predicted molar refractivity (Wildman–Crippen MR) is 111 cm³/mol. The number of para-hydroxylation sites is 2. The van der Waals surface area contributed by atoms with Crippen LogP contribution in [-0.4, -0.2) is 24.0 Å². The van der Waals surface area contributed by atoms with Crippen molar-refractivity contribution in [2.24, 2.45) is 0 Å². The zero-order chi connectivity index (χ0) is 19.5. The Morgan fingerprint density at radius 3 is 2.82 bits per heavy atom. The molecule has 5 nitrogen and oxygen atoms in total. The highest BCUT2D eigenvalue weighted by Gasteiger charge is 2.31. The van der Waals surface area contributed by atoms with Crippen molar-refractivity contribution >= 4 is 17.3 Å². The molecule has 0 aliphatic carbocycles. The summed E-state index contributed by atoms with van der Waals surface area (Å²) in [7, 11) is 1.66. The molecule has 0 radical (unpaired) electrons. The molecule has 28 heavy (non-hydrogen) atoms. The van der Waals surface area contributed by atoms with Gasteiger partial charge in [-0.1, -0.05) is 36.4 Å². The Morgan fingerprint density at radius 1 is 1.18 bits per heavy atom. The number of benzene rings is 2. The van der Waals surface area contributed by atoms with Crippen LogP contribution in [0.2, 0.25) is 0 Å². The number of nitrogens with zero attached hydrogens (tertiary/aromatic N) is 2. The number of rotatable bonds is 5. The number of carbonyl (C=O) groups excluding carboxylic acids is 1. The van der Waals surface area contributed by atoms with E-state index in [2.05, 4.69) is 23.3 Å². The SMILES string of the molecule is COc1ccccc1CNc1cncc(C(=O)N2c3ccccc3CC2C)c1. The lowest BCUT2D eigenvalue weighted by Crippen LogP contribution is -2.35. The van der Waals surface area contributed by atoms with Crippen molar-refractivity contribution in [3.05, 3.63) is 83.7 Å². The quantitative estimate of drug-likeness (QED) is 0.725. The topological polar surface area (TPSA) is 54.5 Å². The first kappa shape index (κ1) is 18.0. The molecule has 0 saturated carbocycles. The summed E-state index contributed by atoms with van der Waals surface area (Å²) in [6, 6.07) is 17.9. The molecule has 5 heteroatoms. The third-order valence-electron chi connectivity index (χ3n) is 5.09. The van der Waals surface area contributed by atoms with E-state index < -0.39 is 0 Å².